The lowest BCUT2D eigenvalue weighted by Gasteiger charge is -2.36. The molecule has 0 aromatic heterocycles. The molecule has 1 saturated heterocycles. The first-order valence-corrected chi connectivity index (χ1v) is 10.8. The smallest absolute Gasteiger partial charge is 0.251 e. The van der Waals surface area contributed by atoms with Crippen LogP contribution in [0.5, 0.6) is 0 Å². The maximum absolute atomic E-state index is 12.3. The summed E-state index contributed by atoms with van der Waals surface area (Å²) < 4.78 is 0. The first-order chi connectivity index (χ1) is 14.7. The molecule has 0 saturated carbocycles. The van der Waals surface area contributed by atoms with Gasteiger partial charge in [-0.05, 0) is 47.5 Å². The molecule has 30 heavy (non-hydrogen) atoms. The number of hydrogen-bond acceptors (Lipinski definition) is 4. The number of nitrogens with zero attached hydrogens (tertiary/aromatic N) is 2. The van der Waals surface area contributed by atoms with Gasteiger partial charge in [-0.2, -0.15) is 0 Å². The topological polar surface area (TPSA) is 35.6 Å². The normalized spacial score (nSPS) is 14.5. The van der Waals surface area contributed by atoms with E-state index in [1.165, 1.54) is 11.3 Å². The van der Waals surface area contributed by atoms with E-state index in [4.69, 9.17) is 0 Å². The van der Waals surface area contributed by atoms with Crippen LogP contribution in [-0.4, -0.2) is 37.0 Å². The quantitative estimate of drug-likeness (QED) is 0.589. The van der Waals surface area contributed by atoms with Crippen molar-refractivity contribution in [3.63, 3.8) is 0 Å². The van der Waals surface area contributed by atoms with E-state index >= 15 is 0 Å². The van der Waals surface area contributed by atoms with Crippen molar-refractivity contribution in [2.45, 2.75) is 18.0 Å². The molecule has 0 radical (unpaired) electrons. The summed E-state index contributed by atoms with van der Waals surface area (Å²) in [5.74, 6) is -0.0411. The molecule has 0 spiro atoms. The van der Waals surface area contributed by atoms with Gasteiger partial charge in [0.1, 0.15) is 0 Å². The minimum Gasteiger partial charge on any atom is -0.369 e. The van der Waals surface area contributed by atoms with Crippen LogP contribution in [0.3, 0.4) is 0 Å². The molecule has 4 nitrogen and oxygen atoms in total. The number of anilines is 1. The molecule has 0 bridgehead atoms. The van der Waals surface area contributed by atoms with E-state index in [-0.39, 0.29) is 5.91 Å². The van der Waals surface area contributed by atoms with Crippen molar-refractivity contribution in [1.29, 1.82) is 0 Å². The zero-order valence-corrected chi connectivity index (χ0v) is 17.9. The molecule has 0 unspecified atom stereocenters. The fourth-order valence-electron chi connectivity index (χ4n) is 3.76. The predicted molar refractivity (Wildman–Crippen MR) is 125 cm³/mol. The van der Waals surface area contributed by atoms with Gasteiger partial charge in [-0.15, -0.1) is 12.6 Å². The number of nitrogens with one attached hydrogen (secondary N) is 1. The number of amides is 1. The van der Waals surface area contributed by atoms with Gasteiger partial charge < -0.3 is 10.2 Å². The molecule has 0 aliphatic carbocycles. The molecule has 5 heteroatoms. The van der Waals surface area contributed by atoms with Crippen molar-refractivity contribution >= 4 is 24.2 Å². The summed E-state index contributed by atoms with van der Waals surface area (Å²) in [4.78, 5) is 18.2. The Bertz CT molecular complexity index is 967. The maximum Gasteiger partial charge on any atom is 0.251 e. The molecule has 3 aromatic rings. The van der Waals surface area contributed by atoms with Crippen LogP contribution in [0.2, 0.25) is 0 Å². The highest BCUT2D eigenvalue weighted by Crippen LogP contribution is 2.19. The Morgan fingerprint density at radius 2 is 1.57 bits per heavy atom. The molecule has 1 aliphatic rings. The third-order valence-electron chi connectivity index (χ3n) is 5.48. The highest BCUT2D eigenvalue weighted by atomic mass is 32.1. The van der Waals surface area contributed by atoms with E-state index in [1.807, 2.05) is 30.3 Å². The Hall–Kier alpha value is -2.76. The Balaban J connectivity index is 1.30. The van der Waals surface area contributed by atoms with Crippen molar-refractivity contribution in [2.24, 2.45) is 0 Å². The summed E-state index contributed by atoms with van der Waals surface area (Å²) in [6, 6.07) is 26.2. The van der Waals surface area contributed by atoms with E-state index in [0.717, 1.165) is 43.2 Å². The van der Waals surface area contributed by atoms with Crippen molar-refractivity contribution in [3.05, 3.63) is 95.6 Å². The summed E-state index contributed by atoms with van der Waals surface area (Å²) in [6.45, 7) is 5.60. The molecular weight excluding hydrogens is 390 g/mol. The number of carbonyl (C=O) groups excluding carboxylic acids is 1. The van der Waals surface area contributed by atoms with Crippen LogP contribution in [-0.2, 0) is 13.1 Å². The number of rotatable bonds is 6. The maximum atomic E-state index is 12.3. The minimum atomic E-state index is -0.0411. The van der Waals surface area contributed by atoms with Gasteiger partial charge in [0.15, 0.2) is 0 Å². The average molecular weight is 418 g/mol. The summed E-state index contributed by atoms with van der Waals surface area (Å²) in [5.41, 5.74) is 4.36. The van der Waals surface area contributed by atoms with Crippen LogP contribution in [0.4, 0.5) is 5.69 Å². The molecule has 4 rings (SSSR count). The van der Waals surface area contributed by atoms with Crippen LogP contribution >= 0.6 is 12.6 Å². The van der Waals surface area contributed by atoms with E-state index in [9.17, 15) is 4.79 Å². The van der Waals surface area contributed by atoms with Gasteiger partial charge in [-0.3, -0.25) is 9.69 Å². The van der Waals surface area contributed by atoms with Gasteiger partial charge in [-0.25, -0.2) is 0 Å². The van der Waals surface area contributed by atoms with Crippen LogP contribution in [0.1, 0.15) is 21.5 Å². The molecule has 1 N–H and O–H groups in total. The van der Waals surface area contributed by atoms with Gasteiger partial charge in [0, 0.05) is 55.4 Å². The van der Waals surface area contributed by atoms with Gasteiger partial charge in [0.2, 0.25) is 0 Å². The molecule has 1 amide bonds. The Labute approximate surface area is 183 Å². The number of carbonyl (C=O) groups is 1. The summed E-state index contributed by atoms with van der Waals surface area (Å²) in [5, 5.41) is 3.01. The second-order valence-electron chi connectivity index (χ2n) is 7.65. The van der Waals surface area contributed by atoms with Crippen LogP contribution in [0, 0.1) is 0 Å². The summed E-state index contributed by atoms with van der Waals surface area (Å²) in [7, 11) is 0. The van der Waals surface area contributed by atoms with Crippen molar-refractivity contribution in [3.8, 4) is 0 Å². The van der Waals surface area contributed by atoms with E-state index in [0.29, 0.717) is 12.1 Å². The molecule has 1 aliphatic heterocycles. The molecule has 154 valence electrons. The second-order valence-corrected chi connectivity index (χ2v) is 8.16. The van der Waals surface area contributed by atoms with Gasteiger partial charge in [-0.1, -0.05) is 42.5 Å². The predicted octanol–water partition coefficient (Wildman–Crippen LogP) is 4.23. The van der Waals surface area contributed by atoms with Crippen LogP contribution in [0.15, 0.2) is 83.8 Å². The Morgan fingerprint density at radius 1 is 0.833 bits per heavy atom. The fraction of sp³-hybridized carbons (Fsp3) is 0.240. The SMILES string of the molecule is O=C(NCc1cccc(N2CCN(Cc3ccc(S)cc3)CC2)c1)c1ccccc1. The largest absolute Gasteiger partial charge is 0.369 e. The fourth-order valence-corrected chi connectivity index (χ4v) is 3.91. The average Bonchev–Trinajstić information content (AvgIpc) is 2.80. The third-order valence-corrected chi connectivity index (χ3v) is 5.78. The summed E-state index contributed by atoms with van der Waals surface area (Å²) >= 11 is 4.36. The summed E-state index contributed by atoms with van der Waals surface area (Å²) in [6.07, 6.45) is 0. The lowest BCUT2D eigenvalue weighted by molar-refractivity contribution is 0.0951. The molecule has 0 atom stereocenters. The monoisotopic (exact) mass is 417 g/mol. The third kappa shape index (κ3) is 5.43. The van der Waals surface area contributed by atoms with Crippen molar-refractivity contribution < 1.29 is 4.79 Å². The number of benzene rings is 3. The first kappa shape index (κ1) is 20.5. The van der Waals surface area contributed by atoms with Crippen LogP contribution < -0.4 is 10.2 Å². The highest BCUT2D eigenvalue weighted by Gasteiger charge is 2.17. The van der Waals surface area contributed by atoms with E-state index in [1.54, 1.807) is 0 Å². The number of thiol groups is 1. The van der Waals surface area contributed by atoms with E-state index in [2.05, 4.69) is 76.3 Å². The van der Waals surface area contributed by atoms with Crippen molar-refractivity contribution in [2.75, 3.05) is 31.1 Å². The highest BCUT2D eigenvalue weighted by molar-refractivity contribution is 7.80. The molecule has 3 aromatic carbocycles. The zero-order valence-electron chi connectivity index (χ0n) is 17.0. The molecule has 1 heterocycles. The minimum absolute atomic E-state index is 0.0411. The van der Waals surface area contributed by atoms with Gasteiger partial charge >= 0.3 is 0 Å². The lowest BCUT2D eigenvalue weighted by atomic mass is 10.1. The van der Waals surface area contributed by atoms with E-state index < -0.39 is 0 Å². The number of hydrogen-bond donors (Lipinski definition) is 2. The van der Waals surface area contributed by atoms with Gasteiger partial charge in [0.05, 0.1) is 0 Å². The first-order valence-electron chi connectivity index (χ1n) is 10.3. The Morgan fingerprint density at radius 3 is 2.30 bits per heavy atom. The molecular formula is C25H27N3OS. The van der Waals surface area contributed by atoms with Gasteiger partial charge in [0.25, 0.3) is 5.91 Å². The molecule has 1 fully saturated rings. The lowest BCUT2D eigenvalue weighted by Crippen LogP contribution is -2.46. The standard InChI is InChI=1S/C25H27N3OS/c29-25(22-6-2-1-3-7-22)26-18-21-5-4-8-23(17-21)28-15-13-27(14-16-28)19-20-9-11-24(30)12-10-20/h1-12,17,30H,13-16,18-19H2,(H,26,29). The number of piperazine rings is 1. The zero-order chi connectivity index (χ0) is 20.8. The second kappa shape index (κ2) is 9.83. The van der Waals surface area contributed by atoms with Crippen LogP contribution in [0.25, 0.3) is 0 Å². The van der Waals surface area contributed by atoms with Crippen molar-refractivity contribution in [1.82, 2.24) is 10.2 Å². The Kier molecular flexibility index (Phi) is 6.72.